The Balaban J connectivity index is 2.48. The first kappa shape index (κ1) is 11.1. The van der Waals surface area contributed by atoms with Gasteiger partial charge in [-0.15, -0.1) is 11.3 Å². The van der Waals surface area contributed by atoms with Crippen molar-refractivity contribution in [3.8, 4) is 0 Å². The number of carboxylic acids is 1. The molecule has 1 N–H and O–H groups in total. The van der Waals surface area contributed by atoms with Crippen molar-refractivity contribution in [3.63, 3.8) is 0 Å². The molecule has 0 bridgehead atoms. The topological polar surface area (TPSA) is 46.5 Å². The first-order chi connectivity index (χ1) is 7.74. The summed E-state index contributed by atoms with van der Waals surface area (Å²) in [6, 6.07) is 5.34. The van der Waals surface area contributed by atoms with Crippen LogP contribution in [0.25, 0.3) is 10.1 Å². The van der Waals surface area contributed by atoms with Gasteiger partial charge in [-0.1, -0.05) is 12.1 Å². The van der Waals surface area contributed by atoms with E-state index in [2.05, 4.69) is 0 Å². The summed E-state index contributed by atoms with van der Waals surface area (Å²) in [5.74, 6) is -0.879. The Morgan fingerprint density at radius 1 is 1.50 bits per heavy atom. The predicted octanol–water partition coefficient (Wildman–Crippen LogP) is 3.14. The fraction of sp³-hybridized carbons (Fsp3) is 0.250. The van der Waals surface area contributed by atoms with E-state index in [1.165, 1.54) is 11.3 Å². The Morgan fingerprint density at radius 3 is 3.00 bits per heavy atom. The van der Waals surface area contributed by atoms with Crippen molar-refractivity contribution in [2.75, 3.05) is 6.61 Å². The summed E-state index contributed by atoms with van der Waals surface area (Å²) in [4.78, 5) is 11.0. The summed E-state index contributed by atoms with van der Waals surface area (Å²) >= 11 is 1.46. The zero-order valence-corrected chi connectivity index (χ0v) is 9.71. The van der Waals surface area contributed by atoms with Crippen LogP contribution in [-0.2, 0) is 11.3 Å². The third kappa shape index (κ3) is 1.94. The molecule has 0 unspecified atom stereocenters. The normalized spacial score (nSPS) is 10.8. The van der Waals surface area contributed by atoms with Crippen LogP contribution < -0.4 is 0 Å². The van der Waals surface area contributed by atoms with Crippen molar-refractivity contribution in [3.05, 3.63) is 34.7 Å². The lowest BCUT2D eigenvalue weighted by atomic mass is 10.1. The predicted molar refractivity (Wildman–Crippen MR) is 64.1 cm³/mol. The molecule has 0 aliphatic rings. The molecule has 16 heavy (non-hydrogen) atoms. The zero-order chi connectivity index (χ0) is 11.5. The second-order valence-corrected chi connectivity index (χ2v) is 4.27. The van der Waals surface area contributed by atoms with E-state index in [-0.39, 0.29) is 0 Å². The van der Waals surface area contributed by atoms with Crippen LogP contribution in [0.4, 0.5) is 0 Å². The van der Waals surface area contributed by atoms with Gasteiger partial charge in [0, 0.05) is 11.3 Å². The second kappa shape index (κ2) is 4.63. The molecular weight excluding hydrogens is 224 g/mol. The van der Waals surface area contributed by atoms with E-state index in [0.29, 0.717) is 18.8 Å². The van der Waals surface area contributed by atoms with Crippen molar-refractivity contribution in [2.45, 2.75) is 13.5 Å². The van der Waals surface area contributed by atoms with Gasteiger partial charge in [-0.25, -0.2) is 4.79 Å². The molecular formula is C12H12O3S. The number of ether oxygens (including phenoxy) is 1. The van der Waals surface area contributed by atoms with Gasteiger partial charge in [0.15, 0.2) is 0 Å². The molecule has 2 aromatic rings. The van der Waals surface area contributed by atoms with Crippen molar-refractivity contribution >= 4 is 27.4 Å². The van der Waals surface area contributed by atoms with Crippen LogP contribution in [0, 0.1) is 0 Å². The molecule has 4 heteroatoms. The van der Waals surface area contributed by atoms with Gasteiger partial charge in [0.25, 0.3) is 0 Å². The minimum atomic E-state index is -0.879. The summed E-state index contributed by atoms with van der Waals surface area (Å²) in [5, 5.41) is 12.0. The average molecular weight is 236 g/mol. The van der Waals surface area contributed by atoms with Crippen LogP contribution in [-0.4, -0.2) is 17.7 Å². The molecule has 0 aliphatic heterocycles. The van der Waals surface area contributed by atoms with E-state index in [9.17, 15) is 4.79 Å². The van der Waals surface area contributed by atoms with Gasteiger partial charge in [-0.2, -0.15) is 0 Å². The average Bonchev–Trinajstić information content (AvgIpc) is 2.69. The van der Waals surface area contributed by atoms with Gasteiger partial charge < -0.3 is 9.84 Å². The number of rotatable bonds is 4. The Bertz CT molecular complexity index is 516. The van der Waals surface area contributed by atoms with Crippen LogP contribution in [0.3, 0.4) is 0 Å². The minimum Gasteiger partial charge on any atom is -0.478 e. The Morgan fingerprint density at radius 2 is 2.31 bits per heavy atom. The number of aromatic carboxylic acids is 1. The smallest absolute Gasteiger partial charge is 0.337 e. The van der Waals surface area contributed by atoms with Crippen LogP contribution in [0.15, 0.2) is 23.6 Å². The molecule has 0 aliphatic carbocycles. The number of hydrogen-bond donors (Lipinski definition) is 1. The highest BCUT2D eigenvalue weighted by Crippen LogP contribution is 2.29. The fourth-order valence-electron chi connectivity index (χ4n) is 1.60. The van der Waals surface area contributed by atoms with Crippen molar-refractivity contribution in [1.82, 2.24) is 0 Å². The van der Waals surface area contributed by atoms with E-state index in [1.54, 1.807) is 12.1 Å². The van der Waals surface area contributed by atoms with E-state index in [4.69, 9.17) is 9.84 Å². The Labute approximate surface area is 97.3 Å². The zero-order valence-electron chi connectivity index (χ0n) is 8.90. The van der Waals surface area contributed by atoms with Gasteiger partial charge in [0.1, 0.15) is 0 Å². The lowest BCUT2D eigenvalue weighted by Crippen LogP contribution is -1.96. The molecule has 1 aromatic heterocycles. The Hall–Kier alpha value is -1.39. The van der Waals surface area contributed by atoms with E-state index in [1.807, 2.05) is 18.4 Å². The van der Waals surface area contributed by atoms with E-state index >= 15 is 0 Å². The van der Waals surface area contributed by atoms with E-state index in [0.717, 1.165) is 15.6 Å². The highest BCUT2D eigenvalue weighted by atomic mass is 32.1. The quantitative estimate of drug-likeness (QED) is 0.887. The molecule has 2 rings (SSSR count). The molecule has 1 aromatic carbocycles. The summed E-state index contributed by atoms with van der Waals surface area (Å²) in [6.45, 7) is 3.15. The molecule has 0 radical (unpaired) electrons. The standard InChI is InChI=1S/C12H12O3S/c1-2-15-6-8-7-16-11-9(8)4-3-5-10(11)12(13)14/h3-5,7H,2,6H2,1H3,(H,13,14). The fourth-order valence-corrected chi connectivity index (χ4v) is 2.67. The second-order valence-electron chi connectivity index (χ2n) is 3.39. The molecule has 3 nitrogen and oxygen atoms in total. The van der Waals surface area contributed by atoms with E-state index < -0.39 is 5.97 Å². The van der Waals surface area contributed by atoms with Crippen LogP contribution in [0.5, 0.6) is 0 Å². The lowest BCUT2D eigenvalue weighted by Gasteiger charge is -2.00. The Kier molecular flexibility index (Phi) is 3.22. The summed E-state index contributed by atoms with van der Waals surface area (Å²) in [5.41, 5.74) is 1.43. The number of benzene rings is 1. The van der Waals surface area contributed by atoms with Gasteiger partial charge in [-0.3, -0.25) is 0 Å². The highest BCUT2D eigenvalue weighted by Gasteiger charge is 2.12. The van der Waals surface area contributed by atoms with Crippen LogP contribution >= 0.6 is 11.3 Å². The molecule has 0 atom stereocenters. The third-order valence-electron chi connectivity index (χ3n) is 2.37. The third-order valence-corrected chi connectivity index (χ3v) is 3.45. The van der Waals surface area contributed by atoms with Gasteiger partial charge >= 0.3 is 5.97 Å². The number of fused-ring (bicyclic) bond motifs is 1. The molecule has 1 heterocycles. The number of thiophene rings is 1. The van der Waals surface area contributed by atoms with Crippen molar-refractivity contribution in [1.29, 1.82) is 0 Å². The van der Waals surface area contributed by atoms with Gasteiger partial charge in [0.2, 0.25) is 0 Å². The van der Waals surface area contributed by atoms with Gasteiger partial charge in [0.05, 0.1) is 12.2 Å². The minimum absolute atomic E-state index is 0.366. The summed E-state index contributed by atoms with van der Waals surface area (Å²) < 4.78 is 6.17. The molecule has 0 fully saturated rings. The molecule has 0 saturated heterocycles. The number of hydrogen-bond acceptors (Lipinski definition) is 3. The first-order valence-electron chi connectivity index (χ1n) is 5.04. The monoisotopic (exact) mass is 236 g/mol. The maximum atomic E-state index is 11.0. The first-order valence-corrected chi connectivity index (χ1v) is 5.92. The molecule has 0 amide bonds. The molecule has 0 spiro atoms. The number of carbonyl (C=O) groups is 1. The maximum absolute atomic E-state index is 11.0. The molecule has 0 saturated carbocycles. The SMILES string of the molecule is CCOCc1csc2c(C(=O)O)cccc12. The van der Waals surface area contributed by atoms with Crippen LogP contribution in [0.1, 0.15) is 22.8 Å². The number of carboxylic acid groups (broad SMARTS) is 1. The van der Waals surface area contributed by atoms with Crippen molar-refractivity contribution < 1.29 is 14.6 Å². The van der Waals surface area contributed by atoms with Crippen molar-refractivity contribution in [2.24, 2.45) is 0 Å². The van der Waals surface area contributed by atoms with Gasteiger partial charge in [-0.05, 0) is 29.3 Å². The lowest BCUT2D eigenvalue weighted by molar-refractivity contribution is 0.0699. The summed E-state index contributed by atoms with van der Waals surface area (Å²) in [6.07, 6.45) is 0. The maximum Gasteiger partial charge on any atom is 0.337 e. The largest absolute Gasteiger partial charge is 0.478 e. The highest BCUT2D eigenvalue weighted by molar-refractivity contribution is 7.17. The van der Waals surface area contributed by atoms with Crippen LogP contribution in [0.2, 0.25) is 0 Å². The molecule has 84 valence electrons. The summed E-state index contributed by atoms with van der Waals surface area (Å²) in [7, 11) is 0.